The second kappa shape index (κ2) is 8.00. The molecular weight excluding hydrogens is 298 g/mol. The molecule has 0 saturated heterocycles. The molecule has 1 unspecified atom stereocenters. The normalized spacial score (nSPS) is 13.4. The van der Waals surface area contributed by atoms with E-state index < -0.39 is 6.10 Å². The lowest BCUT2D eigenvalue weighted by atomic mass is 10.0. The summed E-state index contributed by atoms with van der Waals surface area (Å²) in [6.45, 7) is 10.0. The summed E-state index contributed by atoms with van der Waals surface area (Å²) in [7, 11) is 0. The Morgan fingerprint density at radius 2 is 1.67 bits per heavy atom. The van der Waals surface area contributed by atoms with Crippen molar-refractivity contribution < 1.29 is 9.53 Å². The van der Waals surface area contributed by atoms with E-state index in [1.807, 2.05) is 50.2 Å². The maximum Gasteiger partial charge on any atom is 0.261 e. The number of aryl methyl sites for hydroxylation is 1. The van der Waals surface area contributed by atoms with Gasteiger partial charge in [-0.15, -0.1) is 0 Å². The van der Waals surface area contributed by atoms with Crippen molar-refractivity contribution in [2.75, 3.05) is 0 Å². The van der Waals surface area contributed by atoms with Crippen molar-refractivity contribution in [1.82, 2.24) is 5.32 Å². The summed E-state index contributed by atoms with van der Waals surface area (Å²) in [5, 5.41) is 3.02. The largest absolute Gasteiger partial charge is 0.481 e. The van der Waals surface area contributed by atoms with Crippen LogP contribution in [0.4, 0.5) is 0 Å². The first-order valence-corrected chi connectivity index (χ1v) is 8.51. The highest BCUT2D eigenvalue weighted by atomic mass is 16.5. The number of carbonyl (C=O) groups is 1. The van der Waals surface area contributed by atoms with Crippen LogP contribution in [0.25, 0.3) is 0 Å². The Morgan fingerprint density at radius 1 is 1.00 bits per heavy atom. The number of rotatable bonds is 6. The molecule has 3 nitrogen and oxygen atoms in total. The molecule has 2 atom stereocenters. The Morgan fingerprint density at radius 3 is 2.29 bits per heavy atom. The Bertz CT molecular complexity index is 679. The van der Waals surface area contributed by atoms with Crippen LogP contribution in [0.5, 0.6) is 5.75 Å². The molecule has 0 saturated carbocycles. The lowest BCUT2D eigenvalue weighted by Gasteiger charge is -2.21. The van der Waals surface area contributed by atoms with Crippen molar-refractivity contribution in [3.05, 3.63) is 65.2 Å². The molecule has 0 aliphatic carbocycles. The summed E-state index contributed by atoms with van der Waals surface area (Å²) in [5.41, 5.74) is 3.33. The summed E-state index contributed by atoms with van der Waals surface area (Å²) in [4.78, 5) is 12.5. The van der Waals surface area contributed by atoms with Crippen molar-refractivity contribution in [3.63, 3.8) is 0 Å². The van der Waals surface area contributed by atoms with Gasteiger partial charge >= 0.3 is 0 Å². The molecule has 0 bridgehead atoms. The van der Waals surface area contributed by atoms with Crippen LogP contribution in [0.1, 0.15) is 56.3 Å². The van der Waals surface area contributed by atoms with E-state index in [-0.39, 0.29) is 11.9 Å². The first-order valence-electron chi connectivity index (χ1n) is 8.51. The highest BCUT2D eigenvalue weighted by Gasteiger charge is 2.19. The number of benzene rings is 2. The maximum atomic E-state index is 12.5. The van der Waals surface area contributed by atoms with Gasteiger partial charge in [-0.25, -0.2) is 0 Å². The molecule has 3 heteroatoms. The van der Waals surface area contributed by atoms with Crippen molar-refractivity contribution in [1.29, 1.82) is 0 Å². The van der Waals surface area contributed by atoms with Crippen molar-refractivity contribution in [2.45, 2.75) is 52.7 Å². The summed E-state index contributed by atoms with van der Waals surface area (Å²) in [6.07, 6.45) is -0.546. The first-order chi connectivity index (χ1) is 11.4. The smallest absolute Gasteiger partial charge is 0.261 e. The van der Waals surface area contributed by atoms with Gasteiger partial charge in [0, 0.05) is 0 Å². The Balaban J connectivity index is 2.05. The van der Waals surface area contributed by atoms with Gasteiger partial charge in [0.25, 0.3) is 5.91 Å². The van der Waals surface area contributed by atoms with E-state index in [4.69, 9.17) is 4.74 Å². The lowest BCUT2D eigenvalue weighted by molar-refractivity contribution is -0.127. The molecule has 0 spiro atoms. The number of hydrogen-bond donors (Lipinski definition) is 1. The van der Waals surface area contributed by atoms with Crippen LogP contribution in [0, 0.1) is 6.92 Å². The zero-order valence-corrected chi connectivity index (χ0v) is 15.2. The van der Waals surface area contributed by atoms with Gasteiger partial charge in [0.2, 0.25) is 0 Å². The minimum atomic E-state index is -0.546. The molecule has 0 fully saturated rings. The fourth-order valence-electron chi connectivity index (χ4n) is 2.62. The minimum absolute atomic E-state index is 0.0492. The molecule has 2 aromatic carbocycles. The average molecular weight is 325 g/mol. The molecule has 2 rings (SSSR count). The third-order valence-electron chi connectivity index (χ3n) is 4.12. The number of amides is 1. The van der Waals surface area contributed by atoms with Gasteiger partial charge in [0.15, 0.2) is 6.10 Å². The van der Waals surface area contributed by atoms with E-state index in [0.717, 1.165) is 22.4 Å². The highest BCUT2D eigenvalue weighted by molar-refractivity contribution is 5.81. The van der Waals surface area contributed by atoms with E-state index in [1.165, 1.54) is 0 Å². The van der Waals surface area contributed by atoms with Crippen LogP contribution < -0.4 is 10.1 Å². The zero-order valence-electron chi connectivity index (χ0n) is 15.2. The lowest BCUT2D eigenvalue weighted by Crippen LogP contribution is -2.37. The molecule has 24 heavy (non-hydrogen) atoms. The fourth-order valence-corrected chi connectivity index (χ4v) is 2.62. The molecule has 0 aliphatic rings. The van der Waals surface area contributed by atoms with Gasteiger partial charge in [0.05, 0.1) is 6.04 Å². The van der Waals surface area contributed by atoms with Gasteiger partial charge in [-0.05, 0) is 49.4 Å². The topological polar surface area (TPSA) is 38.3 Å². The Labute approximate surface area is 145 Å². The number of hydrogen-bond acceptors (Lipinski definition) is 2. The molecule has 128 valence electrons. The van der Waals surface area contributed by atoms with E-state index in [2.05, 4.69) is 31.3 Å². The molecule has 2 aromatic rings. The molecule has 1 amide bonds. The molecular formula is C21H27NO2. The predicted molar refractivity (Wildman–Crippen MR) is 98.4 cm³/mol. The third kappa shape index (κ3) is 4.60. The standard InChI is InChI=1S/C21H27NO2/c1-14(2)19-12-11-15(3)13-20(19)24-17(5)21(23)22-16(4)18-9-7-6-8-10-18/h6-14,16-17H,1-5H3,(H,22,23)/t16-,17?/m0/s1. The molecule has 0 radical (unpaired) electrons. The van der Waals surface area contributed by atoms with Gasteiger partial charge in [-0.1, -0.05) is 56.3 Å². The Hall–Kier alpha value is -2.29. The summed E-state index contributed by atoms with van der Waals surface area (Å²) >= 11 is 0. The van der Waals surface area contributed by atoms with Gasteiger partial charge in [-0.2, -0.15) is 0 Å². The van der Waals surface area contributed by atoms with Crippen LogP contribution in [0.3, 0.4) is 0 Å². The highest BCUT2D eigenvalue weighted by Crippen LogP contribution is 2.28. The van der Waals surface area contributed by atoms with Gasteiger partial charge in [0.1, 0.15) is 5.75 Å². The number of nitrogens with one attached hydrogen (secondary N) is 1. The van der Waals surface area contributed by atoms with Crippen LogP contribution in [-0.4, -0.2) is 12.0 Å². The predicted octanol–water partition coefficient (Wildman–Crippen LogP) is 4.76. The van der Waals surface area contributed by atoms with Crippen LogP contribution in [0.15, 0.2) is 48.5 Å². The SMILES string of the molecule is Cc1ccc(C(C)C)c(OC(C)C(=O)N[C@@H](C)c2ccccc2)c1. The van der Waals surface area contributed by atoms with Crippen LogP contribution in [-0.2, 0) is 4.79 Å². The summed E-state index contributed by atoms with van der Waals surface area (Å²) < 4.78 is 5.97. The fraction of sp³-hybridized carbons (Fsp3) is 0.381. The second-order valence-corrected chi connectivity index (χ2v) is 6.60. The average Bonchev–Trinajstić information content (AvgIpc) is 2.55. The van der Waals surface area contributed by atoms with Gasteiger partial charge in [-0.3, -0.25) is 4.79 Å². The van der Waals surface area contributed by atoms with Crippen molar-refractivity contribution in [3.8, 4) is 5.75 Å². The number of ether oxygens (including phenoxy) is 1. The van der Waals surface area contributed by atoms with E-state index in [9.17, 15) is 4.79 Å². The van der Waals surface area contributed by atoms with E-state index in [1.54, 1.807) is 6.92 Å². The molecule has 0 heterocycles. The third-order valence-corrected chi connectivity index (χ3v) is 4.12. The van der Waals surface area contributed by atoms with Crippen LogP contribution >= 0.6 is 0 Å². The monoisotopic (exact) mass is 325 g/mol. The second-order valence-electron chi connectivity index (χ2n) is 6.60. The van der Waals surface area contributed by atoms with Crippen molar-refractivity contribution in [2.24, 2.45) is 0 Å². The summed E-state index contributed by atoms with van der Waals surface area (Å²) in [6, 6.07) is 16.0. The maximum absolute atomic E-state index is 12.5. The molecule has 0 aliphatic heterocycles. The molecule has 1 N–H and O–H groups in total. The van der Waals surface area contributed by atoms with E-state index in [0.29, 0.717) is 5.92 Å². The summed E-state index contributed by atoms with van der Waals surface area (Å²) in [5.74, 6) is 1.03. The molecule has 0 aromatic heterocycles. The first kappa shape index (κ1) is 18.1. The van der Waals surface area contributed by atoms with Crippen LogP contribution in [0.2, 0.25) is 0 Å². The zero-order chi connectivity index (χ0) is 17.7. The van der Waals surface area contributed by atoms with E-state index >= 15 is 0 Å². The Kier molecular flexibility index (Phi) is 6.02. The quantitative estimate of drug-likeness (QED) is 0.831. The minimum Gasteiger partial charge on any atom is -0.481 e. The number of carbonyl (C=O) groups excluding carboxylic acids is 1. The van der Waals surface area contributed by atoms with Crippen molar-refractivity contribution >= 4 is 5.91 Å². The van der Waals surface area contributed by atoms with Gasteiger partial charge < -0.3 is 10.1 Å².